The highest BCUT2D eigenvalue weighted by Gasteiger charge is 2.32. The van der Waals surface area contributed by atoms with Crippen molar-refractivity contribution in [2.24, 2.45) is 0 Å². The van der Waals surface area contributed by atoms with E-state index < -0.39 is 0 Å². The second kappa shape index (κ2) is 5.37. The van der Waals surface area contributed by atoms with E-state index in [0.29, 0.717) is 0 Å². The summed E-state index contributed by atoms with van der Waals surface area (Å²) in [6.07, 6.45) is 0. The molecule has 13 rings (SSSR count). The Kier molecular flexibility index (Phi) is 2.52. The first-order chi connectivity index (χ1) is 19.4. The Morgan fingerprint density at radius 3 is 0.872 bits per heavy atom. The first-order valence-corrected chi connectivity index (χ1v) is 16.1. The zero-order chi connectivity index (χ0) is 24.5. The molecule has 0 aliphatic heterocycles. The first-order valence-electron chi connectivity index (χ1n) is 13.4. The van der Waals surface area contributed by atoms with E-state index in [1.165, 1.54) is 127 Å². The molecule has 0 aliphatic rings. The minimum atomic E-state index is 1.42. The Morgan fingerprint density at radius 1 is 0.256 bits per heavy atom. The van der Waals surface area contributed by atoms with Crippen molar-refractivity contribution in [2.75, 3.05) is 0 Å². The molecular formula is C36H12S3. The van der Waals surface area contributed by atoms with Crippen molar-refractivity contribution < 1.29 is 0 Å². The van der Waals surface area contributed by atoms with Crippen LogP contribution in [-0.2, 0) is 0 Å². The molecule has 3 heterocycles. The molecule has 0 fully saturated rings. The highest BCUT2D eigenvalue weighted by molar-refractivity contribution is 7.21. The van der Waals surface area contributed by atoms with E-state index in [2.05, 4.69) is 70.7 Å². The van der Waals surface area contributed by atoms with Crippen LogP contribution in [0.4, 0.5) is 0 Å². The SMILES string of the molecule is c1cc2c3csc4c5cccc6c7csc8c9cccc%10c%11csc%12c(c1)c2c1c(c34)c(c65)c(c78)c(c%109)c1c%11%12. The average molecular weight is 541 g/mol. The quantitative estimate of drug-likeness (QED) is 0.133. The van der Waals surface area contributed by atoms with Gasteiger partial charge in [0.15, 0.2) is 0 Å². The molecule has 0 radical (unpaired) electrons. The second-order valence-electron chi connectivity index (χ2n) is 11.5. The third-order valence-corrected chi connectivity index (χ3v) is 13.2. The number of thiophene rings is 3. The van der Waals surface area contributed by atoms with Crippen LogP contribution >= 0.6 is 34.0 Å². The summed E-state index contributed by atoms with van der Waals surface area (Å²) >= 11 is 5.83. The van der Waals surface area contributed by atoms with Gasteiger partial charge in [-0.05, 0) is 48.5 Å². The van der Waals surface area contributed by atoms with Gasteiger partial charge in [0.05, 0.1) is 0 Å². The molecule has 0 saturated heterocycles. The van der Waals surface area contributed by atoms with E-state index in [1.54, 1.807) is 0 Å². The molecule has 0 N–H and O–H groups in total. The molecule has 13 aromatic rings. The molecule has 0 saturated carbocycles. The third-order valence-electron chi connectivity index (χ3n) is 10.2. The van der Waals surface area contributed by atoms with Gasteiger partial charge in [-0.15, -0.1) is 34.0 Å². The molecular weight excluding hydrogens is 529 g/mol. The molecule has 0 amide bonds. The summed E-state index contributed by atoms with van der Waals surface area (Å²) < 4.78 is 4.37. The molecule has 3 aromatic heterocycles. The van der Waals surface area contributed by atoms with Crippen molar-refractivity contribution in [1.29, 1.82) is 0 Å². The molecule has 0 unspecified atom stereocenters. The van der Waals surface area contributed by atoms with E-state index in [0.717, 1.165) is 0 Å². The van der Waals surface area contributed by atoms with Crippen LogP contribution in [0.25, 0.3) is 127 Å². The Bertz CT molecular complexity index is 2620. The van der Waals surface area contributed by atoms with Crippen molar-refractivity contribution in [2.45, 2.75) is 0 Å². The topological polar surface area (TPSA) is 0 Å². The summed E-state index contributed by atoms with van der Waals surface area (Å²) in [5.74, 6) is 0. The van der Waals surface area contributed by atoms with Crippen molar-refractivity contribution >= 4 is 161 Å². The molecule has 0 spiro atoms. The van der Waals surface area contributed by atoms with E-state index in [1.807, 2.05) is 34.0 Å². The summed E-state index contributed by atoms with van der Waals surface area (Å²) in [6.45, 7) is 0. The van der Waals surface area contributed by atoms with Crippen molar-refractivity contribution in [3.05, 3.63) is 70.7 Å². The second-order valence-corrected chi connectivity index (χ2v) is 14.1. The zero-order valence-electron chi connectivity index (χ0n) is 20.2. The molecule has 0 aliphatic carbocycles. The van der Waals surface area contributed by atoms with E-state index in [-0.39, 0.29) is 0 Å². The monoisotopic (exact) mass is 540 g/mol. The molecule has 0 bridgehead atoms. The fraction of sp³-hybridized carbons (Fsp3) is 0. The number of rotatable bonds is 0. The summed E-state index contributed by atoms with van der Waals surface area (Å²) in [4.78, 5) is 0. The standard InChI is InChI=1S/C36H12S3/c1-4-13-19-10-38-35-17-8-3-6-15-21-12-39-36-18-9-2-5-14-20-11-37-34-16(7-1)22(13)28-31(25(19)35)29(24(15)17)33(27(21)36)30(23(14)18)32(28)26(20)34/h1-12H. The van der Waals surface area contributed by atoms with Gasteiger partial charge in [0.1, 0.15) is 0 Å². The molecule has 3 heteroatoms. The lowest BCUT2D eigenvalue weighted by Crippen LogP contribution is -1.96. The Hall–Kier alpha value is -4.02. The number of hydrogen-bond donors (Lipinski definition) is 0. The predicted octanol–water partition coefficient (Wildman–Crippen LogP) is 12.3. The predicted molar refractivity (Wildman–Crippen MR) is 177 cm³/mol. The van der Waals surface area contributed by atoms with Crippen LogP contribution in [0.5, 0.6) is 0 Å². The van der Waals surface area contributed by atoms with Crippen LogP contribution in [0.15, 0.2) is 70.7 Å². The summed E-state index contributed by atoms with van der Waals surface area (Å²) in [5, 5.41) is 38.2. The fourth-order valence-electron chi connectivity index (χ4n) is 8.96. The largest absolute Gasteiger partial charge is 0.142 e. The third kappa shape index (κ3) is 1.57. The van der Waals surface area contributed by atoms with Gasteiger partial charge < -0.3 is 0 Å². The van der Waals surface area contributed by atoms with Crippen LogP contribution in [-0.4, -0.2) is 0 Å². The van der Waals surface area contributed by atoms with Gasteiger partial charge in [-0.1, -0.05) is 54.6 Å². The van der Waals surface area contributed by atoms with Crippen molar-refractivity contribution in [1.82, 2.24) is 0 Å². The maximum Gasteiger partial charge on any atom is 0.0434 e. The summed E-state index contributed by atoms with van der Waals surface area (Å²) in [5.41, 5.74) is 0. The summed E-state index contributed by atoms with van der Waals surface area (Å²) in [7, 11) is 0. The van der Waals surface area contributed by atoms with Gasteiger partial charge >= 0.3 is 0 Å². The Morgan fingerprint density at radius 2 is 0.538 bits per heavy atom. The molecule has 0 nitrogen and oxygen atoms in total. The lowest BCUT2D eigenvalue weighted by molar-refractivity contribution is 1.89. The number of hydrogen-bond acceptors (Lipinski definition) is 3. The van der Waals surface area contributed by atoms with Gasteiger partial charge in [0.25, 0.3) is 0 Å². The van der Waals surface area contributed by atoms with E-state index >= 15 is 0 Å². The van der Waals surface area contributed by atoms with Gasteiger partial charge in [-0.3, -0.25) is 0 Å². The van der Waals surface area contributed by atoms with Crippen molar-refractivity contribution in [3.8, 4) is 0 Å². The maximum absolute atomic E-state index is 2.45. The minimum Gasteiger partial charge on any atom is -0.142 e. The van der Waals surface area contributed by atoms with Crippen LogP contribution < -0.4 is 0 Å². The van der Waals surface area contributed by atoms with Crippen LogP contribution in [0.2, 0.25) is 0 Å². The van der Waals surface area contributed by atoms with E-state index in [4.69, 9.17) is 0 Å². The van der Waals surface area contributed by atoms with Gasteiger partial charge in [0, 0.05) is 94.9 Å². The minimum absolute atomic E-state index is 1.42. The Labute approximate surface area is 230 Å². The molecule has 174 valence electrons. The van der Waals surface area contributed by atoms with Gasteiger partial charge in [-0.25, -0.2) is 0 Å². The highest BCUT2D eigenvalue weighted by atomic mass is 32.1. The molecule has 39 heavy (non-hydrogen) atoms. The first kappa shape index (κ1) is 18.3. The van der Waals surface area contributed by atoms with E-state index in [9.17, 15) is 0 Å². The van der Waals surface area contributed by atoms with Gasteiger partial charge in [0.2, 0.25) is 0 Å². The highest BCUT2D eigenvalue weighted by Crippen LogP contribution is 2.61. The van der Waals surface area contributed by atoms with Crippen molar-refractivity contribution in [3.63, 3.8) is 0 Å². The smallest absolute Gasteiger partial charge is 0.0434 e. The average Bonchev–Trinajstić information content (AvgIpc) is 3.73. The van der Waals surface area contributed by atoms with Crippen LogP contribution in [0.1, 0.15) is 0 Å². The van der Waals surface area contributed by atoms with Gasteiger partial charge in [-0.2, -0.15) is 0 Å². The molecule has 0 atom stereocenters. The number of benzene rings is 10. The van der Waals surface area contributed by atoms with Crippen LogP contribution in [0, 0.1) is 0 Å². The Balaban J connectivity index is 1.66. The molecule has 10 aromatic carbocycles. The zero-order valence-corrected chi connectivity index (χ0v) is 22.6. The number of fused-ring (bicyclic) bond motifs is 6. The lowest BCUT2D eigenvalue weighted by Gasteiger charge is -2.25. The normalized spacial score (nSPS) is 14.2. The lowest BCUT2D eigenvalue weighted by atomic mass is 9.76. The maximum atomic E-state index is 2.45. The summed E-state index contributed by atoms with van der Waals surface area (Å²) in [6, 6.07) is 21.1. The van der Waals surface area contributed by atoms with Crippen LogP contribution in [0.3, 0.4) is 0 Å². The fourth-order valence-corrected chi connectivity index (χ4v) is 12.3.